The molecular weight excluding hydrogens is 268 g/mol. The summed E-state index contributed by atoms with van der Waals surface area (Å²) in [6, 6.07) is 6.79. The third-order valence-electron chi connectivity index (χ3n) is 3.81. The van der Waals surface area contributed by atoms with Gasteiger partial charge in [-0.05, 0) is 30.5 Å². The highest BCUT2D eigenvalue weighted by atomic mass is 16.2. The Balaban J connectivity index is 1.80. The fraction of sp³-hybridized carbons (Fsp3) is 0.267. The van der Waals surface area contributed by atoms with E-state index in [1.165, 1.54) is 0 Å². The van der Waals surface area contributed by atoms with E-state index in [0.717, 1.165) is 17.5 Å². The number of amides is 2. The fourth-order valence-electron chi connectivity index (χ4n) is 2.69. The standard InChI is InChI=1S/C15H16N4O2/c16-14(20)13-2-1-7-19(13)15(21)11-5-3-10(4-6-11)12-8-17-18-9-12/h3-6,8-9,13H,1-2,7H2,(H2,16,20)(H,17,18)/t13-/m0/s1. The van der Waals surface area contributed by atoms with Crippen molar-refractivity contribution in [3.8, 4) is 11.1 Å². The van der Waals surface area contributed by atoms with E-state index in [2.05, 4.69) is 10.2 Å². The number of primary amides is 1. The minimum absolute atomic E-state index is 0.143. The molecule has 0 bridgehead atoms. The summed E-state index contributed by atoms with van der Waals surface area (Å²) in [5.74, 6) is -0.578. The van der Waals surface area contributed by atoms with Gasteiger partial charge in [0.25, 0.3) is 5.91 Å². The lowest BCUT2D eigenvalue weighted by molar-refractivity contribution is -0.121. The molecule has 0 radical (unpaired) electrons. The predicted octanol–water partition coefficient (Wildman–Crippen LogP) is 1.17. The van der Waals surface area contributed by atoms with Gasteiger partial charge in [-0.2, -0.15) is 5.10 Å². The molecule has 2 amide bonds. The van der Waals surface area contributed by atoms with Crippen molar-refractivity contribution in [3.63, 3.8) is 0 Å². The Kier molecular flexibility index (Phi) is 3.43. The molecule has 6 heteroatoms. The summed E-state index contributed by atoms with van der Waals surface area (Å²) < 4.78 is 0. The molecular formula is C15H16N4O2. The fourth-order valence-corrected chi connectivity index (χ4v) is 2.69. The summed E-state index contributed by atoms with van der Waals surface area (Å²) in [6.45, 7) is 0.579. The van der Waals surface area contributed by atoms with Crippen molar-refractivity contribution >= 4 is 11.8 Å². The molecule has 1 atom stereocenters. The van der Waals surface area contributed by atoms with Crippen LogP contribution in [0.25, 0.3) is 11.1 Å². The number of aromatic amines is 1. The van der Waals surface area contributed by atoms with Gasteiger partial charge in [-0.25, -0.2) is 0 Å². The second-order valence-electron chi connectivity index (χ2n) is 5.12. The van der Waals surface area contributed by atoms with Crippen LogP contribution in [0.3, 0.4) is 0 Å². The number of carbonyl (C=O) groups is 2. The number of nitrogens with zero attached hydrogens (tertiary/aromatic N) is 2. The number of hydrogen-bond acceptors (Lipinski definition) is 3. The Morgan fingerprint density at radius 2 is 2.00 bits per heavy atom. The van der Waals surface area contributed by atoms with Crippen molar-refractivity contribution in [1.82, 2.24) is 15.1 Å². The number of H-pyrrole nitrogens is 1. The van der Waals surface area contributed by atoms with Gasteiger partial charge in [0.2, 0.25) is 5.91 Å². The Bertz CT molecular complexity index is 649. The molecule has 6 nitrogen and oxygen atoms in total. The molecule has 1 aliphatic heterocycles. The predicted molar refractivity (Wildman–Crippen MR) is 77.3 cm³/mol. The SMILES string of the molecule is NC(=O)[C@@H]1CCCN1C(=O)c1ccc(-c2cn[nH]c2)cc1. The number of aromatic nitrogens is 2. The van der Waals surface area contributed by atoms with Gasteiger partial charge in [0.15, 0.2) is 0 Å². The van der Waals surface area contributed by atoms with Crippen molar-refractivity contribution in [1.29, 1.82) is 0 Å². The first-order valence-electron chi connectivity index (χ1n) is 6.86. The summed E-state index contributed by atoms with van der Waals surface area (Å²) >= 11 is 0. The topological polar surface area (TPSA) is 92.1 Å². The monoisotopic (exact) mass is 284 g/mol. The van der Waals surface area contributed by atoms with Gasteiger partial charge in [0.05, 0.1) is 6.20 Å². The van der Waals surface area contributed by atoms with Gasteiger partial charge in [0, 0.05) is 23.9 Å². The molecule has 1 saturated heterocycles. The van der Waals surface area contributed by atoms with Crippen molar-refractivity contribution in [2.24, 2.45) is 5.73 Å². The minimum Gasteiger partial charge on any atom is -0.368 e. The number of nitrogens with one attached hydrogen (secondary N) is 1. The number of hydrogen-bond donors (Lipinski definition) is 2. The average Bonchev–Trinajstić information content (AvgIpc) is 3.18. The molecule has 1 fully saturated rings. The van der Waals surface area contributed by atoms with E-state index < -0.39 is 11.9 Å². The molecule has 21 heavy (non-hydrogen) atoms. The second kappa shape index (κ2) is 5.40. The first kappa shape index (κ1) is 13.4. The molecule has 0 unspecified atom stereocenters. The number of likely N-dealkylation sites (tertiary alicyclic amines) is 1. The van der Waals surface area contributed by atoms with Crippen LogP contribution in [0.2, 0.25) is 0 Å². The van der Waals surface area contributed by atoms with Crippen LogP contribution < -0.4 is 5.73 Å². The van der Waals surface area contributed by atoms with Gasteiger partial charge in [-0.1, -0.05) is 12.1 Å². The minimum atomic E-state index is -0.481. The van der Waals surface area contributed by atoms with Gasteiger partial charge >= 0.3 is 0 Å². The van der Waals surface area contributed by atoms with Crippen LogP contribution in [0.1, 0.15) is 23.2 Å². The van der Waals surface area contributed by atoms with E-state index in [1.807, 2.05) is 12.1 Å². The zero-order chi connectivity index (χ0) is 14.8. The van der Waals surface area contributed by atoms with Crippen LogP contribution in [0.15, 0.2) is 36.7 Å². The molecule has 1 aromatic carbocycles. The number of nitrogens with two attached hydrogens (primary N) is 1. The van der Waals surface area contributed by atoms with Gasteiger partial charge in [-0.15, -0.1) is 0 Å². The Morgan fingerprint density at radius 1 is 1.24 bits per heavy atom. The van der Waals surface area contributed by atoms with Crippen molar-refractivity contribution < 1.29 is 9.59 Å². The second-order valence-corrected chi connectivity index (χ2v) is 5.12. The summed E-state index contributed by atoms with van der Waals surface area (Å²) in [7, 11) is 0. The Hall–Kier alpha value is -2.63. The van der Waals surface area contributed by atoms with Crippen LogP contribution in [0, 0.1) is 0 Å². The highest BCUT2D eigenvalue weighted by Crippen LogP contribution is 2.22. The maximum atomic E-state index is 12.5. The van der Waals surface area contributed by atoms with Gasteiger partial charge in [-0.3, -0.25) is 14.7 Å². The molecule has 0 aliphatic carbocycles. The molecule has 1 aromatic heterocycles. The first-order chi connectivity index (χ1) is 10.2. The summed E-state index contributed by atoms with van der Waals surface area (Å²) in [5, 5.41) is 6.65. The lowest BCUT2D eigenvalue weighted by Gasteiger charge is -2.22. The molecule has 108 valence electrons. The van der Waals surface area contributed by atoms with E-state index in [-0.39, 0.29) is 5.91 Å². The van der Waals surface area contributed by atoms with E-state index in [9.17, 15) is 9.59 Å². The molecule has 0 saturated carbocycles. The third-order valence-corrected chi connectivity index (χ3v) is 3.81. The van der Waals surface area contributed by atoms with E-state index in [0.29, 0.717) is 18.5 Å². The van der Waals surface area contributed by atoms with Crippen LogP contribution in [0.4, 0.5) is 0 Å². The highest BCUT2D eigenvalue weighted by Gasteiger charge is 2.32. The van der Waals surface area contributed by atoms with Crippen LogP contribution >= 0.6 is 0 Å². The van der Waals surface area contributed by atoms with Crippen LogP contribution in [0.5, 0.6) is 0 Å². The molecule has 1 aliphatic rings. The normalized spacial score (nSPS) is 17.9. The zero-order valence-corrected chi connectivity index (χ0v) is 11.5. The summed E-state index contributed by atoms with van der Waals surface area (Å²) in [5.41, 5.74) is 7.86. The van der Waals surface area contributed by atoms with Crippen molar-refractivity contribution in [2.75, 3.05) is 6.54 Å². The van der Waals surface area contributed by atoms with Crippen molar-refractivity contribution in [2.45, 2.75) is 18.9 Å². The molecule has 2 aromatic rings. The van der Waals surface area contributed by atoms with E-state index in [4.69, 9.17) is 5.73 Å². The zero-order valence-electron chi connectivity index (χ0n) is 11.5. The highest BCUT2D eigenvalue weighted by molar-refractivity contribution is 5.98. The molecule has 2 heterocycles. The number of carbonyl (C=O) groups excluding carboxylic acids is 2. The quantitative estimate of drug-likeness (QED) is 0.886. The molecule has 3 rings (SSSR count). The maximum absolute atomic E-state index is 12.5. The van der Waals surface area contributed by atoms with Crippen LogP contribution in [-0.2, 0) is 4.79 Å². The maximum Gasteiger partial charge on any atom is 0.254 e. The van der Waals surface area contributed by atoms with Gasteiger partial charge < -0.3 is 10.6 Å². The number of rotatable bonds is 3. The molecule has 3 N–H and O–H groups in total. The lowest BCUT2D eigenvalue weighted by atomic mass is 10.1. The Labute approximate surface area is 121 Å². The lowest BCUT2D eigenvalue weighted by Crippen LogP contribution is -2.43. The number of benzene rings is 1. The Morgan fingerprint density at radius 3 is 2.62 bits per heavy atom. The average molecular weight is 284 g/mol. The first-order valence-corrected chi connectivity index (χ1v) is 6.86. The molecule has 0 spiro atoms. The van der Waals surface area contributed by atoms with E-state index in [1.54, 1.807) is 29.4 Å². The summed E-state index contributed by atoms with van der Waals surface area (Å²) in [6.07, 6.45) is 4.97. The third kappa shape index (κ3) is 2.52. The smallest absolute Gasteiger partial charge is 0.254 e. The van der Waals surface area contributed by atoms with Crippen molar-refractivity contribution in [3.05, 3.63) is 42.2 Å². The summed E-state index contributed by atoms with van der Waals surface area (Å²) in [4.78, 5) is 25.4. The van der Waals surface area contributed by atoms with Crippen LogP contribution in [-0.4, -0.2) is 39.5 Å². The van der Waals surface area contributed by atoms with Gasteiger partial charge in [0.1, 0.15) is 6.04 Å². The van der Waals surface area contributed by atoms with E-state index >= 15 is 0 Å². The largest absolute Gasteiger partial charge is 0.368 e.